The summed E-state index contributed by atoms with van der Waals surface area (Å²) in [4.78, 5) is 0. The molecule has 0 radical (unpaired) electrons. The Kier molecular flexibility index (Phi) is 10.9. The van der Waals surface area contributed by atoms with Crippen LogP contribution in [0, 0.1) is 27.7 Å². The predicted octanol–water partition coefficient (Wildman–Crippen LogP) is 12.2. The van der Waals surface area contributed by atoms with E-state index in [0.29, 0.717) is 0 Å². The first-order valence-electron chi connectivity index (χ1n) is 15.4. The molecule has 0 saturated heterocycles. The fraction of sp³-hybridized carbons (Fsp3) is 0.220. The molecule has 0 aliphatic heterocycles. The molecule has 0 fully saturated rings. The van der Waals surface area contributed by atoms with Crippen LogP contribution in [0.1, 0.15) is 63.9 Å². The molecular formula is C41H38F6O. The quantitative estimate of drug-likeness (QED) is 0.0959. The van der Waals surface area contributed by atoms with Crippen molar-refractivity contribution in [3.8, 4) is 5.75 Å². The zero-order valence-electron chi connectivity index (χ0n) is 27.7. The highest BCUT2D eigenvalue weighted by Gasteiger charge is 2.53. The number of rotatable bonds is 7. The molecule has 0 aromatic heterocycles. The van der Waals surface area contributed by atoms with Crippen molar-refractivity contribution in [1.82, 2.24) is 0 Å². The summed E-state index contributed by atoms with van der Waals surface area (Å²) in [6.45, 7) is 11.1. The molecule has 0 heterocycles. The second-order valence-corrected chi connectivity index (χ2v) is 12.4. The van der Waals surface area contributed by atoms with Crippen LogP contribution in [0.4, 0.5) is 26.3 Å². The van der Waals surface area contributed by atoms with Gasteiger partial charge in [-0.1, -0.05) is 131 Å². The molecule has 7 heteroatoms. The lowest BCUT2D eigenvalue weighted by Gasteiger charge is -2.33. The number of hydrogen-bond donors (Lipinski definition) is 0. The summed E-state index contributed by atoms with van der Waals surface area (Å²) < 4.78 is 83.2. The van der Waals surface area contributed by atoms with Gasteiger partial charge in [0.25, 0.3) is 0 Å². The topological polar surface area (TPSA) is 9.23 Å². The highest BCUT2D eigenvalue weighted by atomic mass is 19.4. The molecule has 48 heavy (non-hydrogen) atoms. The monoisotopic (exact) mass is 660 g/mol. The van der Waals surface area contributed by atoms with E-state index in [2.05, 4.69) is 60.2 Å². The third-order valence-corrected chi connectivity index (χ3v) is 8.87. The largest absolute Gasteiger partial charge is 0.428 e. The second kappa shape index (κ2) is 14.5. The zero-order chi connectivity index (χ0) is 35.3. The average Bonchev–Trinajstić information content (AvgIpc) is 3.05. The van der Waals surface area contributed by atoms with Gasteiger partial charge in [-0.25, -0.2) is 0 Å². The Morgan fingerprint density at radius 2 is 0.708 bits per heavy atom. The van der Waals surface area contributed by atoms with E-state index in [1.54, 1.807) is 60.7 Å². The molecule has 0 saturated carbocycles. The van der Waals surface area contributed by atoms with Crippen LogP contribution in [0.25, 0.3) is 0 Å². The molecule has 0 N–H and O–H groups in total. The fourth-order valence-electron chi connectivity index (χ4n) is 5.54. The van der Waals surface area contributed by atoms with Gasteiger partial charge in [0.1, 0.15) is 11.2 Å². The van der Waals surface area contributed by atoms with E-state index in [-0.39, 0.29) is 16.9 Å². The molecule has 0 spiro atoms. The van der Waals surface area contributed by atoms with Crippen LogP contribution in [0.2, 0.25) is 0 Å². The minimum absolute atomic E-state index is 0.0178. The van der Waals surface area contributed by atoms with E-state index in [9.17, 15) is 26.3 Å². The number of alkyl halides is 3. The van der Waals surface area contributed by atoms with Crippen molar-refractivity contribution in [3.63, 3.8) is 0 Å². The number of aryl methyl sites for hydroxylation is 4. The Morgan fingerprint density at radius 3 is 0.979 bits per heavy atom. The molecule has 5 rings (SSSR count). The third kappa shape index (κ3) is 7.84. The van der Waals surface area contributed by atoms with Gasteiger partial charge in [0.15, 0.2) is 0 Å². The average molecular weight is 661 g/mol. The Balaban J connectivity index is 0.000000229. The highest BCUT2D eigenvalue weighted by Crippen LogP contribution is 2.46. The maximum absolute atomic E-state index is 13.7. The van der Waals surface area contributed by atoms with E-state index in [1.165, 1.54) is 19.1 Å². The molecule has 250 valence electrons. The Labute approximate surface area is 278 Å². The van der Waals surface area contributed by atoms with E-state index in [1.807, 2.05) is 27.7 Å². The second-order valence-electron chi connectivity index (χ2n) is 12.4. The van der Waals surface area contributed by atoms with Crippen LogP contribution in [0.3, 0.4) is 0 Å². The van der Waals surface area contributed by atoms with Gasteiger partial charge in [-0.15, -0.1) is 0 Å². The Morgan fingerprint density at radius 1 is 0.438 bits per heavy atom. The SMILES string of the molecule is Cc1ccc(C(C)(c2ccc(C)cc2)C(F)(F)F)cc1.Cc1ccc(C(C)(c2ccc(C)cc2)c2ccc(OC(F)=C(F)F)cc2)cc1. The first-order chi connectivity index (χ1) is 22.5. The van der Waals surface area contributed by atoms with Gasteiger partial charge in [0, 0.05) is 5.41 Å². The zero-order valence-corrected chi connectivity index (χ0v) is 27.7. The molecule has 0 amide bonds. The number of hydrogen-bond acceptors (Lipinski definition) is 1. The van der Waals surface area contributed by atoms with Crippen molar-refractivity contribution in [3.05, 3.63) is 183 Å². The van der Waals surface area contributed by atoms with Gasteiger partial charge < -0.3 is 4.74 Å². The van der Waals surface area contributed by atoms with Gasteiger partial charge in [-0.3, -0.25) is 0 Å². The molecular weight excluding hydrogens is 622 g/mol. The van der Waals surface area contributed by atoms with Crippen LogP contribution in [0.5, 0.6) is 5.75 Å². The summed E-state index contributed by atoms with van der Waals surface area (Å²) in [6, 6.07) is 34.3. The third-order valence-electron chi connectivity index (χ3n) is 8.87. The highest BCUT2D eigenvalue weighted by molar-refractivity contribution is 5.51. The Hall–Kier alpha value is -4.78. The summed E-state index contributed by atoms with van der Waals surface area (Å²) in [5, 5.41) is 0. The molecule has 0 aliphatic carbocycles. The molecule has 0 bridgehead atoms. The summed E-state index contributed by atoms with van der Waals surface area (Å²) in [5.74, 6) is 0.0178. The summed E-state index contributed by atoms with van der Waals surface area (Å²) in [7, 11) is 0. The molecule has 5 aromatic rings. The lowest BCUT2D eigenvalue weighted by molar-refractivity contribution is -0.173. The maximum atomic E-state index is 13.7. The summed E-state index contributed by atoms with van der Waals surface area (Å²) in [6.07, 6.45) is -6.83. The van der Waals surface area contributed by atoms with Crippen LogP contribution < -0.4 is 4.74 Å². The summed E-state index contributed by atoms with van der Waals surface area (Å²) >= 11 is 0. The van der Waals surface area contributed by atoms with Crippen LogP contribution in [-0.4, -0.2) is 6.18 Å². The maximum Gasteiger partial charge on any atom is 0.402 e. The summed E-state index contributed by atoms with van der Waals surface area (Å²) in [5.41, 5.74) is 5.41. The molecule has 0 unspecified atom stereocenters. The van der Waals surface area contributed by atoms with Crippen molar-refractivity contribution >= 4 is 0 Å². The molecule has 0 atom stereocenters. The minimum Gasteiger partial charge on any atom is -0.428 e. The van der Waals surface area contributed by atoms with Crippen LogP contribution in [0.15, 0.2) is 133 Å². The van der Waals surface area contributed by atoms with Gasteiger partial charge >= 0.3 is 18.3 Å². The molecule has 5 aromatic carbocycles. The van der Waals surface area contributed by atoms with Gasteiger partial charge in [-0.2, -0.15) is 26.3 Å². The van der Waals surface area contributed by atoms with Crippen molar-refractivity contribution < 1.29 is 31.1 Å². The lowest BCUT2D eigenvalue weighted by Crippen LogP contribution is -2.40. The van der Waals surface area contributed by atoms with Gasteiger partial charge in [-0.05, 0) is 81.5 Å². The molecule has 1 nitrogen and oxygen atoms in total. The lowest BCUT2D eigenvalue weighted by atomic mass is 9.71. The van der Waals surface area contributed by atoms with Crippen LogP contribution in [-0.2, 0) is 10.8 Å². The van der Waals surface area contributed by atoms with Crippen molar-refractivity contribution in [1.29, 1.82) is 0 Å². The standard InChI is InChI=1S/C24H21F3O.C17H17F3/c1-16-4-8-18(9-5-16)24(3,19-10-6-17(2)7-11-19)20-12-14-21(15-13-20)28-23(27)22(25)26;1-12-4-8-14(9-5-12)16(3,17(18,19)20)15-10-6-13(2)7-11-15/h4-15H,1-3H3;4-11H,1-3H3. The van der Waals surface area contributed by atoms with Crippen molar-refractivity contribution in [2.24, 2.45) is 0 Å². The predicted molar refractivity (Wildman–Crippen MR) is 180 cm³/mol. The number of benzene rings is 5. The van der Waals surface area contributed by atoms with Crippen LogP contribution >= 0.6 is 0 Å². The van der Waals surface area contributed by atoms with E-state index < -0.39 is 29.1 Å². The van der Waals surface area contributed by atoms with E-state index in [4.69, 9.17) is 0 Å². The van der Waals surface area contributed by atoms with Crippen molar-refractivity contribution in [2.45, 2.75) is 58.5 Å². The number of ether oxygens (including phenoxy) is 1. The minimum atomic E-state index is -4.35. The van der Waals surface area contributed by atoms with E-state index in [0.717, 1.165) is 38.9 Å². The van der Waals surface area contributed by atoms with Gasteiger partial charge in [0.2, 0.25) is 0 Å². The first-order valence-corrected chi connectivity index (χ1v) is 15.4. The van der Waals surface area contributed by atoms with Crippen molar-refractivity contribution in [2.75, 3.05) is 0 Å². The van der Waals surface area contributed by atoms with E-state index >= 15 is 0 Å². The normalized spacial score (nSPS) is 11.8. The number of halogens is 6. The first kappa shape index (κ1) is 36.1. The molecule has 0 aliphatic rings. The smallest absolute Gasteiger partial charge is 0.402 e. The fourth-order valence-corrected chi connectivity index (χ4v) is 5.54. The Bertz CT molecular complexity index is 1720. The van der Waals surface area contributed by atoms with Gasteiger partial charge in [0.05, 0.1) is 0 Å².